The molecule has 0 bridgehead atoms. The standard InChI is InChI=1S/C29H32N2O6/c1-16-20(13-25(32)30-11-9-17-15-31-22-7-6-18(34-4)12-21(17)22)28(33)36-27-19-8-10-29(2,3)37-23(19)14-24(35-5)26(16)27/h6-7,12,14-15,31H,8-11,13H2,1-5H3,(H,30,32). The molecule has 0 saturated carbocycles. The van der Waals surface area contributed by atoms with Gasteiger partial charge in [0, 0.05) is 35.3 Å². The lowest BCUT2D eigenvalue weighted by molar-refractivity contribution is -0.120. The van der Waals surface area contributed by atoms with Crippen LogP contribution in [0.5, 0.6) is 17.2 Å². The highest BCUT2D eigenvalue weighted by atomic mass is 16.5. The Morgan fingerprint density at radius 2 is 2.00 bits per heavy atom. The second-order valence-corrected chi connectivity index (χ2v) is 10.1. The number of benzene rings is 2. The van der Waals surface area contributed by atoms with Crippen molar-refractivity contribution >= 4 is 27.8 Å². The van der Waals surface area contributed by atoms with E-state index >= 15 is 0 Å². The van der Waals surface area contributed by atoms with Gasteiger partial charge in [0.1, 0.15) is 28.4 Å². The molecule has 0 fully saturated rings. The number of carbonyl (C=O) groups is 1. The van der Waals surface area contributed by atoms with Crippen molar-refractivity contribution in [1.82, 2.24) is 10.3 Å². The highest BCUT2D eigenvalue weighted by Crippen LogP contribution is 2.43. The summed E-state index contributed by atoms with van der Waals surface area (Å²) in [7, 11) is 3.21. The van der Waals surface area contributed by atoms with Gasteiger partial charge in [-0.2, -0.15) is 0 Å². The maximum Gasteiger partial charge on any atom is 0.340 e. The predicted molar refractivity (Wildman–Crippen MR) is 142 cm³/mol. The van der Waals surface area contributed by atoms with Crippen LogP contribution in [0.2, 0.25) is 0 Å². The van der Waals surface area contributed by atoms with Crippen molar-refractivity contribution in [2.75, 3.05) is 20.8 Å². The van der Waals surface area contributed by atoms with Crippen LogP contribution in [0.4, 0.5) is 0 Å². The molecule has 0 radical (unpaired) electrons. The molecule has 0 saturated heterocycles. The van der Waals surface area contributed by atoms with Crippen LogP contribution in [0, 0.1) is 6.92 Å². The number of H-pyrrole nitrogens is 1. The number of carbonyl (C=O) groups excluding carboxylic acids is 1. The fraction of sp³-hybridized carbons (Fsp3) is 0.379. The maximum atomic E-state index is 13.0. The number of fused-ring (bicyclic) bond motifs is 4. The van der Waals surface area contributed by atoms with Crippen LogP contribution in [0.1, 0.15) is 42.5 Å². The molecule has 8 heteroatoms. The van der Waals surface area contributed by atoms with E-state index in [1.54, 1.807) is 14.2 Å². The van der Waals surface area contributed by atoms with Crippen molar-refractivity contribution in [3.63, 3.8) is 0 Å². The zero-order chi connectivity index (χ0) is 26.3. The summed E-state index contributed by atoms with van der Waals surface area (Å²) in [5, 5.41) is 4.70. The van der Waals surface area contributed by atoms with Gasteiger partial charge in [-0.25, -0.2) is 4.79 Å². The van der Waals surface area contributed by atoms with Gasteiger partial charge in [-0.3, -0.25) is 4.79 Å². The van der Waals surface area contributed by atoms with Crippen molar-refractivity contribution in [1.29, 1.82) is 0 Å². The number of amides is 1. The van der Waals surface area contributed by atoms with E-state index in [4.69, 9.17) is 18.6 Å². The van der Waals surface area contributed by atoms with Gasteiger partial charge >= 0.3 is 5.63 Å². The molecule has 1 aliphatic rings. The minimum atomic E-state index is -0.510. The molecule has 0 atom stereocenters. The molecular weight excluding hydrogens is 472 g/mol. The van der Waals surface area contributed by atoms with Gasteiger partial charge in [0.05, 0.1) is 31.6 Å². The van der Waals surface area contributed by atoms with E-state index in [2.05, 4.69) is 10.3 Å². The first-order chi connectivity index (χ1) is 17.7. The predicted octanol–water partition coefficient (Wildman–Crippen LogP) is 4.60. The number of nitrogens with one attached hydrogen (secondary N) is 2. The lowest BCUT2D eigenvalue weighted by atomic mass is 9.91. The van der Waals surface area contributed by atoms with Gasteiger partial charge in [-0.1, -0.05) is 0 Å². The molecule has 8 nitrogen and oxygen atoms in total. The normalized spacial score (nSPS) is 14.3. The van der Waals surface area contributed by atoms with Gasteiger partial charge in [0.15, 0.2) is 0 Å². The first kappa shape index (κ1) is 24.7. The van der Waals surface area contributed by atoms with Crippen molar-refractivity contribution in [3.05, 3.63) is 63.1 Å². The summed E-state index contributed by atoms with van der Waals surface area (Å²) in [6, 6.07) is 7.70. The highest BCUT2D eigenvalue weighted by molar-refractivity contribution is 5.93. The molecule has 4 aromatic rings. The molecule has 2 aromatic carbocycles. The smallest absolute Gasteiger partial charge is 0.340 e. The Bertz CT molecular complexity index is 1560. The first-order valence-corrected chi connectivity index (χ1v) is 12.5. The number of methoxy groups -OCH3 is 2. The van der Waals surface area contributed by atoms with Gasteiger partial charge in [0.2, 0.25) is 5.91 Å². The quantitative estimate of drug-likeness (QED) is 0.357. The minimum Gasteiger partial charge on any atom is -0.497 e. The summed E-state index contributed by atoms with van der Waals surface area (Å²) in [6.45, 7) is 6.34. The van der Waals surface area contributed by atoms with Crippen molar-refractivity contribution in [2.24, 2.45) is 0 Å². The molecule has 5 rings (SSSR count). The number of ether oxygens (including phenoxy) is 3. The van der Waals surface area contributed by atoms with Crippen molar-refractivity contribution in [3.8, 4) is 17.2 Å². The second-order valence-electron chi connectivity index (χ2n) is 10.1. The zero-order valence-electron chi connectivity index (χ0n) is 21.9. The Kier molecular flexibility index (Phi) is 6.35. The number of aryl methyl sites for hydroxylation is 2. The van der Waals surface area contributed by atoms with Crippen LogP contribution < -0.4 is 25.2 Å². The van der Waals surface area contributed by atoms with Gasteiger partial charge in [-0.05, 0) is 69.4 Å². The lowest BCUT2D eigenvalue weighted by Gasteiger charge is -2.33. The number of aromatic nitrogens is 1. The van der Waals surface area contributed by atoms with Gasteiger partial charge in [-0.15, -0.1) is 0 Å². The third-order valence-corrected chi connectivity index (χ3v) is 7.19. The first-order valence-electron chi connectivity index (χ1n) is 12.5. The van der Waals surface area contributed by atoms with Gasteiger partial charge < -0.3 is 28.9 Å². The number of hydrogen-bond acceptors (Lipinski definition) is 6. The van der Waals surface area contributed by atoms with E-state index in [1.807, 2.05) is 51.2 Å². The minimum absolute atomic E-state index is 0.0738. The van der Waals surface area contributed by atoms with Crippen LogP contribution in [0.3, 0.4) is 0 Å². The van der Waals surface area contributed by atoms with E-state index in [0.717, 1.165) is 40.6 Å². The van der Waals surface area contributed by atoms with Crippen LogP contribution in [0.15, 0.2) is 39.7 Å². The maximum absolute atomic E-state index is 13.0. The van der Waals surface area contributed by atoms with E-state index in [-0.39, 0.29) is 17.9 Å². The van der Waals surface area contributed by atoms with Crippen LogP contribution in [-0.4, -0.2) is 37.3 Å². The number of rotatable bonds is 7. The summed E-state index contributed by atoms with van der Waals surface area (Å²) >= 11 is 0. The Labute approximate surface area is 214 Å². The summed E-state index contributed by atoms with van der Waals surface area (Å²) in [5.41, 5.74) is 3.63. The van der Waals surface area contributed by atoms with E-state index in [1.165, 1.54) is 0 Å². The van der Waals surface area contributed by atoms with E-state index in [9.17, 15) is 9.59 Å². The Morgan fingerprint density at radius 3 is 2.76 bits per heavy atom. The molecule has 0 unspecified atom stereocenters. The van der Waals surface area contributed by atoms with E-state index < -0.39 is 5.63 Å². The fourth-order valence-corrected chi connectivity index (χ4v) is 5.10. The monoisotopic (exact) mass is 504 g/mol. The van der Waals surface area contributed by atoms with Crippen LogP contribution >= 0.6 is 0 Å². The number of hydrogen-bond donors (Lipinski definition) is 2. The Morgan fingerprint density at radius 1 is 1.19 bits per heavy atom. The third kappa shape index (κ3) is 4.63. The zero-order valence-corrected chi connectivity index (χ0v) is 21.9. The Balaban J connectivity index is 1.36. The molecule has 3 heterocycles. The molecule has 2 N–H and O–H groups in total. The average Bonchev–Trinajstić information content (AvgIpc) is 3.27. The number of aromatic amines is 1. The summed E-state index contributed by atoms with van der Waals surface area (Å²) < 4.78 is 22.9. The fourth-order valence-electron chi connectivity index (χ4n) is 5.10. The van der Waals surface area contributed by atoms with Crippen LogP contribution in [-0.2, 0) is 24.1 Å². The molecule has 1 amide bonds. The molecule has 194 valence electrons. The van der Waals surface area contributed by atoms with Crippen molar-refractivity contribution < 1.29 is 23.4 Å². The topological polar surface area (TPSA) is 103 Å². The summed E-state index contributed by atoms with van der Waals surface area (Å²) in [6.07, 6.45) is 4.04. The van der Waals surface area contributed by atoms with Crippen LogP contribution in [0.25, 0.3) is 21.9 Å². The Hall–Kier alpha value is -3.94. The third-order valence-electron chi connectivity index (χ3n) is 7.19. The highest BCUT2D eigenvalue weighted by Gasteiger charge is 2.31. The SMILES string of the molecule is COc1ccc2[nH]cc(CCNC(=O)Cc3c(C)c4c(OC)cc5c(c4oc3=O)CCC(C)(C)O5)c2c1. The largest absolute Gasteiger partial charge is 0.497 e. The molecular formula is C29H32N2O6. The molecule has 0 spiro atoms. The molecule has 2 aromatic heterocycles. The lowest BCUT2D eigenvalue weighted by Crippen LogP contribution is -2.33. The summed E-state index contributed by atoms with van der Waals surface area (Å²) in [5.74, 6) is 1.77. The summed E-state index contributed by atoms with van der Waals surface area (Å²) in [4.78, 5) is 29.1. The van der Waals surface area contributed by atoms with E-state index in [0.29, 0.717) is 46.6 Å². The second kappa shape index (κ2) is 9.50. The van der Waals surface area contributed by atoms with Crippen molar-refractivity contribution in [2.45, 2.75) is 52.1 Å². The molecule has 37 heavy (non-hydrogen) atoms. The average molecular weight is 505 g/mol. The molecule has 1 aliphatic heterocycles. The molecule has 0 aliphatic carbocycles. The van der Waals surface area contributed by atoms with Gasteiger partial charge in [0.25, 0.3) is 0 Å².